The van der Waals surface area contributed by atoms with Gasteiger partial charge in [0.25, 0.3) is 5.91 Å². The molecule has 0 saturated heterocycles. The summed E-state index contributed by atoms with van der Waals surface area (Å²) in [5.74, 6) is -0.547. The van der Waals surface area contributed by atoms with Gasteiger partial charge in [-0.3, -0.25) is 9.59 Å². The molecule has 0 aliphatic rings. The molecule has 26 heavy (non-hydrogen) atoms. The molecule has 0 fully saturated rings. The lowest BCUT2D eigenvalue weighted by atomic mass is 9.99. The van der Waals surface area contributed by atoms with E-state index in [1.807, 2.05) is 19.1 Å². The van der Waals surface area contributed by atoms with E-state index in [4.69, 9.17) is 23.2 Å². The van der Waals surface area contributed by atoms with Gasteiger partial charge in [-0.25, -0.2) is 0 Å². The Bertz CT molecular complexity index is 964. The Hall–Kier alpha value is -2.62. The fourth-order valence-corrected chi connectivity index (χ4v) is 3.11. The van der Waals surface area contributed by atoms with Crippen LogP contribution in [0.3, 0.4) is 0 Å². The first-order chi connectivity index (χ1) is 12.4. The molecule has 0 atom stereocenters. The second-order valence-corrected chi connectivity index (χ2v) is 6.73. The van der Waals surface area contributed by atoms with Crippen molar-refractivity contribution in [2.75, 3.05) is 5.32 Å². The van der Waals surface area contributed by atoms with Crippen LogP contribution < -0.4 is 5.32 Å². The second-order valence-electron chi connectivity index (χ2n) is 5.86. The highest BCUT2D eigenvalue weighted by Gasteiger charge is 2.16. The molecule has 130 valence electrons. The summed E-state index contributed by atoms with van der Waals surface area (Å²) in [6.45, 7) is 1.89. The number of hydrogen-bond donors (Lipinski definition) is 1. The molecule has 0 spiro atoms. The third-order valence-corrected chi connectivity index (χ3v) is 4.27. The quantitative estimate of drug-likeness (QED) is 0.579. The molecule has 0 unspecified atom stereocenters. The number of nitrogens with one attached hydrogen (secondary N) is 1. The predicted molar refractivity (Wildman–Crippen MR) is 105 cm³/mol. The highest BCUT2D eigenvalue weighted by atomic mass is 35.5. The lowest BCUT2D eigenvalue weighted by Gasteiger charge is -2.12. The van der Waals surface area contributed by atoms with E-state index in [2.05, 4.69) is 5.32 Å². The first kappa shape index (κ1) is 18.2. The number of rotatable bonds is 4. The number of carbonyl (C=O) groups is 2. The van der Waals surface area contributed by atoms with Crippen LogP contribution in [-0.2, 0) is 0 Å². The minimum absolute atomic E-state index is 0.159. The third kappa shape index (κ3) is 4.13. The Balaban J connectivity index is 1.95. The SMILES string of the molecule is Cc1ccc(NC(=O)c2cc(Cl)cc(Cl)c2)c(C(=O)c2ccccc2)c1. The van der Waals surface area contributed by atoms with Crippen LogP contribution >= 0.6 is 23.2 Å². The molecule has 3 aromatic rings. The van der Waals surface area contributed by atoms with Crippen LogP contribution in [0.5, 0.6) is 0 Å². The van der Waals surface area contributed by atoms with Crippen molar-refractivity contribution < 1.29 is 9.59 Å². The van der Waals surface area contributed by atoms with Gasteiger partial charge in [0.15, 0.2) is 5.78 Å². The van der Waals surface area contributed by atoms with Gasteiger partial charge in [-0.2, -0.15) is 0 Å². The predicted octanol–water partition coefficient (Wildman–Crippen LogP) is 5.79. The van der Waals surface area contributed by atoms with Crippen LogP contribution in [0, 0.1) is 6.92 Å². The average Bonchev–Trinajstić information content (AvgIpc) is 2.62. The summed E-state index contributed by atoms with van der Waals surface area (Å²) in [6.07, 6.45) is 0. The fourth-order valence-electron chi connectivity index (χ4n) is 2.58. The first-order valence-electron chi connectivity index (χ1n) is 7.92. The lowest BCUT2D eigenvalue weighted by molar-refractivity contribution is 0.102. The number of anilines is 1. The number of aryl methyl sites for hydroxylation is 1. The van der Waals surface area contributed by atoms with Crippen molar-refractivity contribution in [3.8, 4) is 0 Å². The molecule has 0 saturated carbocycles. The highest BCUT2D eigenvalue weighted by Crippen LogP contribution is 2.24. The van der Waals surface area contributed by atoms with E-state index in [0.29, 0.717) is 32.4 Å². The molecule has 0 bridgehead atoms. The van der Waals surface area contributed by atoms with E-state index >= 15 is 0 Å². The highest BCUT2D eigenvalue weighted by molar-refractivity contribution is 6.35. The third-order valence-electron chi connectivity index (χ3n) is 3.83. The van der Waals surface area contributed by atoms with Crippen molar-refractivity contribution >= 4 is 40.6 Å². The van der Waals surface area contributed by atoms with Crippen molar-refractivity contribution in [2.45, 2.75) is 6.92 Å². The summed E-state index contributed by atoms with van der Waals surface area (Å²) in [4.78, 5) is 25.4. The normalized spacial score (nSPS) is 10.4. The summed E-state index contributed by atoms with van der Waals surface area (Å²) in [7, 11) is 0. The van der Waals surface area contributed by atoms with Crippen LogP contribution in [0.1, 0.15) is 31.8 Å². The molecule has 0 aliphatic heterocycles. The van der Waals surface area contributed by atoms with Gasteiger partial charge in [-0.15, -0.1) is 0 Å². The number of hydrogen-bond acceptors (Lipinski definition) is 2. The largest absolute Gasteiger partial charge is 0.321 e. The summed E-state index contributed by atoms with van der Waals surface area (Å²) < 4.78 is 0. The van der Waals surface area contributed by atoms with Crippen molar-refractivity contribution in [3.05, 3.63) is 99.0 Å². The lowest BCUT2D eigenvalue weighted by Crippen LogP contribution is -2.15. The van der Waals surface area contributed by atoms with Gasteiger partial charge in [-0.1, -0.05) is 65.2 Å². The number of carbonyl (C=O) groups excluding carboxylic acids is 2. The van der Waals surface area contributed by atoms with Gasteiger partial charge >= 0.3 is 0 Å². The van der Waals surface area contributed by atoms with E-state index in [-0.39, 0.29) is 11.7 Å². The molecule has 0 aromatic heterocycles. The zero-order chi connectivity index (χ0) is 18.7. The van der Waals surface area contributed by atoms with Crippen LogP contribution in [0.15, 0.2) is 66.7 Å². The molecule has 3 nitrogen and oxygen atoms in total. The standard InChI is InChI=1S/C21H15Cl2NO2/c1-13-7-8-19(18(9-13)20(25)14-5-3-2-4-6-14)24-21(26)15-10-16(22)12-17(23)11-15/h2-12H,1H3,(H,24,26). The van der Waals surface area contributed by atoms with Gasteiger partial charge < -0.3 is 5.32 Å². The van der Waals surface area contributed by atoms with E-state index in [9.17, 15) is 9.59 Å². The van der Waals surface area contributed by atoms with Crippen LogP contribution in [-0.4, -0.2) is 11.7 Å². The maximum Gasteiger partial charge on any atom is 0.255 e. The van der Waals surface area contributed by atoms with Crippen LogP contribution in [0.25, 0.3) is 0 Å². The molecule has 1 N–H and O–H groups in total. The number of halogens is 2. The Kier molecular flexibility index (Phi) is 5.40. The zero-order valence-corrected chi connectivity index (χ0v) is 15.4. The van der Waals surface area contributed by atoms with E-state index in [0.717, 1.165) is 5.56 Å². The Morgan fingerprint density at radius 3 is 2.12 bits per heavy atom. The Labute approximate surface area is 161 Å². The molecular weight excluding hydrogens is 369 g/mol. The van der Waals surface area contributed by atoms with Crippen molar-refractivity contribution in [2.24, 2.45) is 0 Å². The molecule has 3 rings (SSSR count). The van der Waals surface area contributed by atoms with E-state index in [1.54, 1.807) is 42.5 Å². The fraction of sp³-hybridized carbons (Fsp3) is 0.0476. The molecule has 5 heteroatoms. The summed E-state index contributed by atoms with van der Waals surface area (Å²) in [5, 5.41) is 3.52. The van der Waals surface area contributed by atoms with Gasteiger partial charge in [0, 0.05) is 26.7 Å². The maximum absolute atomic E-state index is 12.9. The molecule has 0 aliphatic carbocycles. The molecule has 3 aromatic carbocycles. The molecule has 0 heterocycles. The van der Waals surface area contributed by atoms with Crippen molar-refractivity contribution in [1.82, 2.24) is 0 Å². The van der Waals surface area contributed by atoms with Gasteiger partial charge in [0.2, 0.25) is 0 Å². The minimum Gasteiger partial charge on any atom is -0.321 e. The topological polar surface area (TPSA) is 46.2 Å². The summed E-state index contributed by atoms with van der Waals surface area (Å²) >= 11 is 11.9. The molecule has 1 amide bonds. The van der Waals surface area contributed by atoms with Crippen LogP contribution in [0.4, 0.5) is 5.69 Å². The molecular formula is C21H15Cl2NO2. The second kappa shape index (κ2) is 7.73. The smallest absolute Gasteiger partial charge is 0.255 e. The van der Waals surface area contributed by atoms with Gasteiger partial charge in [-0.05, 0) is 37.3 Å². The summed E-state index contributed by atoms with van der Waals surface area (Å²) in [5.41, 5.74) is 2.66. The summed E-state index contributed by atoms with van der Waals surface area (Å²) in [6, 6.07) is 18.8. The van der Waals surface area contributed by atoms with E-state index < -0.39 is 0 Å². The number of ketones is 1. The van der Waals surface area contributed by atoms with Gasteiger partial charge in [0.1, 0.15) is 0 Å². The molecule has 0 radical (unpaired) electrons. The zero-order valence-electron chi connectivity index (χ0n) is 13.9. The van der Waals surface area contributed by atoms with E-state index in [1.165, 1.54) is 12.1 Å². The van der Waals surface area contributed by atoms with Crippen molar-refractivity contribution in [3.63, 3.8) is 0 Å². The average molecular weight is 384 g/mol. The monoisotopic (exact) mass is 383 g/mol. The Morgan fingerprint density at radius 2 is 1.46 bits per heavy atom. The maximum atomic E-state index is 12.9. The van der Waals surface area contributed by atoms with Gasteiger partial charge in [0.05, 0.1) is 5.69 Å². The number of benzene rings is 3. The Morgan fingerprint density at radius 1 is 0.808 bits per heavy atom. The number of amides is 1. The van der Waals surface area contributed by atoms with Crippen molar-refractivity contribution in [1.29, 1.82) is 0 Å². The first-order valence-corrected chi connectivity index (χ1v) is 8.67. The minimum atomic E-state index is -0.389. The van der Waals surface area contributed by atoms with Crippen LogP contribution in [0.2, 0.25) is 10.0 Å².